The monoisotopic (exact) mass is 279 g/mol. The quantitative estimate of drug-likeness (QED) is 0.899. The number of rotatable bonds is 2. The second-order valence-electron chi connectivity index (χ2n) is 3.84. The van der Waals surface area contributed by atoms with Crippen LogP contribution in [0.4, 0.5) is 0 Å². The fraction of sp³-hybridized carbons (Fsp3) is 0.417. The van der Waals surface area contributed by atoms with Gasteiger partial charge in [0.1, 0.15) is 6.04 Å². The van der Waals surface area contributed by atoms with Crippen LogP contribution < -0.4 is 5.32 Å². The Balaban J connectivity index is 2.22. The molecule has 1 N–H and O–H groups in total. The summed E-state index contributed by atoms with van der Waals surface area (Å²) in [6.07, 6.45) is 0. The number of hydrogen-bond acceptors (Lipinski definition) is 3. The van der Waals surface area contributed by atoms with Gasteiger partial charge >= 0.3 is 0 Å². The van der Waals surface area contributed by atoms with Gasteiger partial charge in [-0.2, -0.15) is 5.26 Å². The molecule has 16 heavy (non-hydrogen) atoms. The summed E-state index contributed by atoms with van der Waals surface area (Å²) in [4.78, 5) is 2.22. The van der Waals surface area contributed by atoms with E-state index in [9.17, 15) is 5.26 Å². The maximum Gasteiger partial charge on any atom is 0.125 e. The van der Waals surface area contributed by atoms with Gasteiger partial charge in [-0.1, -0.05) is 34.1 Å². The molecule has 0 radical (unpaired) electrons. The van der Waals surface area contributed by atoms with Crippen LogP contribution in [0.2, 0.25) is 0 Å². The van der Waals surface area contributed by atoms with Crippen molar-refractivity contribution in [1.82, 2.24) is 10.2 Å². The number of piperazine rings is 1. The second-order valence-corrected chi connectivity index (χ2v) is 4.69. The largest absolute Gasteiger partial charge is 0.314 e. The molecule has 1 aromatic rings. The van der Waals surface area contributed by atoms with E-state index in [2.05, 4.69) is 32.2 Å². The van der Waals surface area contributed by atoms with Crippen molar-refractivity contribution in [2.75, 3.05) is 26.2 Å². The third-order valence-corrected chi connectivity index (χ3v) is 3.56. The van der Waals surface area contributed by atoms with Crippen LogP contribution in [-0.2, 0) is 0 Å². The number of nitrogens with zero attached hydrogens (tertiary/aromatic N) is 2. The van der Waals surface area contributed by atoms with E-state index in [1.165, 1.54) is 0 Å². The molecule has 0 spiro atoms. The first-order chi connectivity index (χ1) is 7.83. The minimum absolute atomic E-state index is 0.141. The molecule has 1 aliphatic rings. The van der Waals surface area contributed by atoms with Gasteiger partial charge < -0.3 is 5.32 Å². The molecule has 4 heteroatoms. The maximum atomic E-state index is 9.32. The maximum absolute atomic E-state index is 9.32. The molecule has 84 valence electrons. The third-order valence-electron chi connectivity index (χ3n) is 2.84. The van der Waals surface area contributed by atoms with Crippen molar-refractivity contribution in [3.63, 3.8) is 0 Å². The van der Waals surface area contributed by atoms with Gasteiger partial charge in [0, 0.05) is 30.7 Å². The van der Waals surface area contributed by atoms with Crippen molar-refractivity contribution < 1.29 is 0 Å². The van der Waals surface area contributed by atoms with E-state index in [4.69, 9.17) is 0 Å². The van der Waals surface area contributed by atoms with Crippen LogP contribution in [0.15, 0.2) is 28.7 Å². The zero-order valence-corrected chi connectivity index (χ0v) is 10.6. The first-order valence-corrected chi connectivity index (χ1v) is 6.21. The summed E-state index contributed by atoms with van der Waals surface area (Å²) in [5, 5.41) is 12.6. The summed E-state index contributed by atoms with van der Waals surface area (Å²) in [6.45, 7) is 3.78. The van der Waals surface area contributed by atoms with E-state index in [0.717, 1.165) is 36.2 Å². The van der Waals surface area contributed by atoms with E-state index in [-0.39, 0.29) is 6.04 Å². The molecule has 1 unspecified atom stereocenters. The Morgan fingerprint density at radius 3 is 2.62 bits per heavy atom. The number of nitriles is 1. The van der Waals surface area contributed by atoms with Crippen molar-refractivity contribution in [1.29, 1.82) is 5.26 Å². The molecule has 0 saturated carbocycles. The first-order valence-electron chi connectivity index (χ1n) is 5.42. The zero-order chi connectivity index (χ0) is 11.4. The molecule has 1 heterocycles. The lowest BCUT2D eigenvalue weighted by molar-refractivity contribution is 0.207. The highest BCUT2D eigenvalue weighted by molar-refractivity contribution is 9.10. The molecule has 1 atom stereocenters. The summed E-state index contributed by atoms with van der Waals surface area (Å²) in [5.41, 5.74) is 1.06. The van der Waals surface area contributed by atoms with E-state index in [1.807, 2.05) is 24.3 Å². The van der Waals surface area contributed by atoms with E-state index in [1.54, 1.807) is 0 Å². The average Bonchev–Trinajstić information content (AvgIpc) is 2.34. The topological polar surface area (TPSA) is 39.1 Å². The smallest absolute Gasteiger partial charge is 0.125 e. The lowest BCUT2D eigenvalue weighted by atomic mass is 10.1. The lowest BCUT2D eigenvalue weighted by Crippen LogP contribution is -2.44. The number of halogens is 1. The second kappa shape index (κ2) is 5.44. The van der Waals surface area contributed by atoms with E-state index in [0.29, 0.717) is 0 Å². The van der Waals surface area contributed by atoms with Gasteiger partial charge in [-0.25, -0.2) is 0 Å². The minimum atomic E-state index is -0.141. The Hall–Kier alpha value is -0.890. The SMILES string of the molecule is N#CC(c1ccccc1Br)N1CCNCC1. The Kier molecular flexibility index (Phi) is 3.94. The molecule has 2 rings (SSSR count). The summed E-state index contributed by atoms with van der Waals surface area (Å²) in [5.74, 6) is 0. The summed E-state index contributed by atoms with van der Waals surface area (Å²) >= 11 is 3.51. The first kappa shape index (κ1) is 11.6. The third kappa shape index (κ3) is 2.43. The van der Waals surface area contributed by atoms with Gasteiger partial charge in [-0.3, -0.25) is 4.90 Å². The zero-order valence-electron chi connectivity index (χ0n) is 8.99. The Morgan fingerprint density at radius 2 is 2.00 bits per heavy atom. The Labute approximate surface area is 104 Å². The Bertz CT molecular complexity index is 393. The van der Waals surface area contributed by atoms with Crippen LogP contribution in [0.1, 0.15) is 11.6 Å². The summed E-state index contributed by atoms with van der Waals surface area (Å²) in [7, 11) is 0. The predicted octanol–water partition coefficient (Wildman–Crippen LogP) is 1.92. The van der Waals surface area contributed by atoms with Crippen LogP contribution >= 0.6 is 15.9 Å². The number of benzene rings is 1. The molecule has 3 nitrogen and oxygen atoms in total. The van der Waals surface area contributed by atoms with Crippen LogP contribution in [-0.4, -0.2) is 31.1 Å². The van der Waals surface area contributed by atoms with Crippen molar-refractivity contribution in [3.05, 3.63) is 34.3 Å². The van der Waals surface area contributed by atoms with Gasteiger partial charge in [0.15, 0.2) is 0 Å². The predicted molar refractivity (Wildman–Crippen MR) is 66.9 cm³/mol. The number of nitrogens with one attached hydrogen (secondary N) is 1. The Morgan fingerprint density at radius 1 is 1.31 bits per heavy atom. The molecular formula is C12H14BrN3. The molecule has 0 aliphatic carbocycles. The van der Waals surface area contributed by atoms with Crippen molar-refractivity contribution in [2.24, 2.45) is 0 Å². The average molecular weight is 280 g/mol. The van der Waals surface area contributed by atoms with E-state index < -0.39 is 0 Å². The van der Waals surface area contributed by atoms with Crippen LogP contribution in [0.3, 0.4) is 0 Å². The number of hydrogen-bond donors (Lipinski definition) is 1. The molecule has 1 fully saturated rings. The van der Waals surface area contributed by atoms with Gasteiger partial charge in [-0.05, 0) is 11.6 Å². The summed E-state index contributed by atoms with van der Waals surface area (Å²) in [6, 6.07) is 10.2. The van der Waals surface area contributed by atoms with Crippen molar-refractivity contribution in [3.8, 4) is 6.07 Å². The van der Waals surface area contributed by atoms with Gasteiger partial charge in [0.05, 0.1) is 6.07 Å². The van der Waals surface area contributed by atoms with Crippen LogP contribution in [0, 0.1) is 11.3 Å². The molecule has 1 aliphatic heterocycles. The molecule has 1 saturated heterocycles. The standard InChI is InChI=1S/C12H14BrN3/c13-11-4-2-1-3-10(11)12(9-14)16-7-5-15-6-8-16/h1-4,12,15H,5-8H2. The highest BCUT2D eigenvalue weighted by Crippen LogP contribution is 2.27. The van der Waals surface area contributed by atoms with Gasteiger partial charge in [-0.15, -0.1) is 0 Å². The fourth-order valence-electron chi connectivity index (χ4n) is 1.99. The van der Waals surface area contributed by atoms with Crippen LogP contribution in [0.5, 0.6) is 0 Å². The van der Waals surface area contributed by atoms with Crippen LogP contribution in [0.25, 0.3) is 0 Å². The fourth-order valence-corrected chi connectivity index (χ4v) is 2.49. The molecular weight excluding hydrogens is 266 g/mol. The lowest BCUT2D eigenvalue weighted by Gasteiger charge is -2.31. The normalized spacial score (nSPS) is 19.0. The molecule has 0 amide bonds. The minimum Gasteiger partial charge on any atom is -0.314 e. The molecule has 0 bridgehead atoms. The molecule has 0 aromatic heterocycles. The summed E-state index contributed by atoms with van der Waals surface area (Å²) < 4.78 is 1.01. The molecule has 1 aromatic carbocycles. The van der Waals surface area contributed by atoms with Crippen molar-refractivity contribution >= 4 is 15.9 Å². The van der Waals surface area contributed by atoms with Crippen molar-refractivity contribution in [2.45, 2.75) is 6.04 Å². The highest BCUT2D eigenvalue weighted by atomic mass is 79.9. The highest BCUT2D eigenvalue weighted by Gasteiger charge is 2.22. The van der Waals surface area contributed by atoms with E-state index >= 15 is 0 Å². The van der Waals surface area contributed by atoms with Gasteiger partial charge in [0.25, 0.3) is 0 Å². The van der Waals surface area contributed by atoms with Gasteiger partial charge in [0.2, 0.25) is 0 Å².